The van der Waals surface area contributed by atoms with Crippen LogP contribution in [0.15, 0.2) is 51.5 Å². The third-order valence-corrected chi connectivity index (χ3v) is 3.83. The van der Waals surface area contributed by atoms with E-state index in [9.17, 15) is 4.79 Å². The summed E-state index contributed by atoms with van der Waals surface area (Å²) in [4.78, 5) is 12.2. The van der Waals surface area contributed by atoms with Crippen molar-refractivity contribution in [2.45, 2.75) is 26.4 Å². The van der Waals surface area contributed by atoms with Gasteiger partial charge >= 0.3 is 5.97 Å². The Bertz CT molecular complexity index is 789. The van der Waals surface area contributed by atoms with Crippen LogP contribution in [0.1, 0.15) is 41.8 Å². The van der Waals surface area contributed by atoms with E-state index in [1.807, 2.05) is 36.4 Å². The first-order valence-corrected chi connectivity index (χ1v) is 7.75. The number of furan rings is 2. The number of fused-ring (bicyclic) bond motifs is 1. The molecule has 0 unspecified atom stereocenters. The van der Waals surface area contributed by atoms with Crippen LogP contribution < -0.4 is 5.32 Å². The molecule has 0 fully saturated rings. The molecule has 0 aliphatic rings. The Balaban J connectivity index is 1.88. The number of rotatable bonds is 6. The Labute approximate surface area is 134 Å². The SMILES string of the molecule is CCOC(=O)c1oc2ccccc2c1C[NH2+][C@H](C)c1ccco1. The smallest absolute Gasteiger partial charge is 0.374 e. The second kappa shape index (κ2) is 6.71. The lowest BCUT2D eigenvalue weighted by molar-refractivity contribution is -0.709. The summed E-state index contributed by atoms with van der Waals surface area (Å²) < 4.78 is 16.3. The molecule has 0 radical (unpaired) electrons. The topological polar surface area (TPSA) is 69.2 Å². The third-order valence-electron chi connectivity index (χ3n) is 3.83. The van der Waals surface area contributed by atoms with Crippen molar-refractivity contribution in [1.29, 1.82) is 0 Å². The van der Waals surface area contributed by atoms with E-state index in [4.69, 9.17) is 13.6 Å². The van der Waals surface area contributed by atoms with E-state index >= 15 is 0 Å². The van der Waals surface area contributed by atoms with Crippen LogP contribution in [0, 0.1) is 0 Å². The number of benzene rings is 1. The highest BCUT2D eigenvalue weighted by Crippen LogP contribution is 2.26. The fraction of sp³-hybridized carbons (Fsp3) is 0.278. The Morgan fingerprint density at radius 1 is 1.26 bits per heavy atom. The molecule has 1 atom stereocenters. The second-order valence-electron chi connectivity index (χ2n) is 5.37. The summed E-state index contributed by atoms with van der Waals surface area (Å²) >= 11 is 0. The summed E-state index contributed by atoms with van der Waals surface area (Å²) in [6.07, 6.45) is 1.66. The second-order valence-corrected chi connectivity index (χ2v) is 5.37. The monoisotopic (exact) mass is 314 g/mol. The average Bonchev–Trinajstić information content (AvgIpc) is 3.20. The van der Waals surface area contributed by atoms with Crippen LogP contribution in [-0.4, -0.2) is 12.6 Å². The first kappa shape index (κ1) is 15.4. The summed E-state index contributed by atoms with van der Waals surface area (Å²) in [5.41, 5.74) is 1.56. The normalized spacial score (nSPS) is 12.4. The highest BCUT2D eigenvalue weighted by atomic mass is 16.5. The molecule has 2 heterocycles. The quantitative estimate of drug-likeness (QED) is 0.710. The molecule has 3 aromatic rings. The van der Waals surface area contributed by atoms with Crippen molar-refractivity contribution < 1.29 is 23.7 Å². The molecule has 0 saturated heterocycles. The van der Waals surface area contributed by atoms with Gasteiger partial charge in [0.05, 0.1) is 18.4 Å². The summed E-state index contributed by atoms with van der Waals surface area (Å²) in [6.45, 7) is 4.77. The summed E-state index contributed by atoms with van der Waals surface area (Å²) in [7, 11) is 0. The van der Waals surface area contributed by atoms with Gasteiger partial charge in [0.2, 0.25) is 5.76 Å². The Morgan fingerprint density at radius 3 is 2.83 bits per heavy atom. The predicted octanol–water partition coefficient (Wildman–Crippen LogP) is 3.03. The van der Waals surface area contributed by atoms with Gasteiger partial charge in [0, 0.05) is 5.39 Å². The molecule has 2 aromatic heterocycles. The molecule has 2 N–H and O–H groups in total. The lowest BCUT2D eigenvalue weighted by atomic mass is 10.1. The number of carbonyl (C=O) groups excluding carboxylic acids is 1. The molecule has 23 heavy (non-hydrogen) atoms. The molecule has 1 aromatic carbocycles. The van der Waals surface area contributed by atoms with Gasteiger partial charge in [-0.2, -0.15) is 0 Å². The largest absolute Gasteiger partial charge is 0.463 e. The van der Waals surface area contributed by atoms with Crippen LogP contribution in [0.3, 0.4) is 0 Å². The molecule has 0 saturated carbocycles. The Morgan fingerprint density at radius 2 is 2.09 bits per heavy atom. The van der Waals surface area contributed by atoms with Gasteiger partial charge in [-0.25, -0.2) is 4.79 Å². The molecule has 5 heteroatoms. The number of nitrogens with two attached hydrogens (primary N) is 1. The van der Waals surface area contributed by atoms with E-state index in [-0.39, 0.29) is 11.8 Å². The molecule has 0 bridgehead atoms. The van der Waals surface area contributed by atoms with Crippen molar-refractivity contribution in [1.82, 2.24) is 0 Å². The average molecular weight is 314 g/mol. The first-order chi connectivity index (χ1) is 11.2. The molecule has 120 valence electrons. The zero-order valence-electron chi connectivity index (χ0n) is 13.2. The minimum absolute atomic E-state index is 0.147. The van der Waals surface area contributed by atoms with Gasteiger partial charge in [0.25, 0.3) is 0 Å². The molecule has 0 aliphatic carbocycles. The minimum atomic E-state index is -0.419. The van der Waals surface area contributed by atoms with Gasteiger partial charge < -0.3 is 18.9 Å². The van der Waals surface area contributed by atoms with Crippen LogP contribution >= 0.6 is 0 Å². The zero-order chi connectivity index (χ0) is 16.2. The molecule has 3 rings (SSSR count). The third kappa shape index (κ3) is 3.14. The summed E-state index contributed by atoms with van der Waals surface area (Å²) in [5, 5.41) is 3.05. The van der Waals surface area contributed by atoms with Crippen molar-refractivity contribution in [3.8, 4) is 0 Å². The maximum absolute atomic E-state index is 12.2. The number of ether oxygens (including phenoxy) is 1. The number of carbonyl (C=O) groups is 1. The number of hydrogen-bond donors (Lipinski definition) is 1. The van der Waals surface area contributed by atoms with E-state index in [0.29, 0.717) is 18.7 Å². The van der Waals surface area contributed by atoms with Crippen molar-refractivity contribution in [3.05, 3.63) is 59.7 Å². The van der Waals surface area contributed by atoms with Gasteiger partial charge in [0.1, 0.15) is 18.2 Å². The molecular formula is C18H20NO4+. The van der Waals surface area contributed by atoms with E-state index in [1.165, 1.54) is 0 Å². The maximum atomic E-state index is 12.2. The number of quaternary nitrogens is 1. The molecular weight excluding hydrogens is 294 g/mol. The summed E-state index contributed by atoms with van der Waals surface area (Å²) in [5.74, 6) is 0.768. The highest BCUT2D eigenvalue weighted by molar-refractivity contribution is 5.95. The van der Waals surface area contributed by atoms with E-state index in [2.05, 4.69) is 12.2 Å². The van der Waals surface area contributed by atoms with E-state index < -0.39 is 5.97 Å². The number of esters is 1. The highest BCUT2D eigenvalue weighted by Gasteiger charge is 2.23. The van der Waals surface area contributed by atoms with Gasteiger partial charge in [-0.15, -0.1) is 0 Å². The van der Waals surface area contributed by atoms with E-state index in [0.717, 1.165) is 16.7 Å². The van der Waals surface area contributed by atoms with Gasteiger partial charge in [0.15, 0.2) is 5.76 Å². The lowest BCUT2D eigenvalue weighted by Crippen LogP contribution is -2.83. The van der Waals surface area contributed by atoms with Crippen molar-refractivity contribution in [2.24, 2.45) is 0 Å². The van der Waals surface area contributed by atoms with Gasteiger partial charge in [-0.3, -0.25) is 0 Å². The molecule has 0 spiro atoms. The number of hydrogen-bond acceptors (Lipinski definition) is 4. The van der Waals surface area contributed by atoms with Crippen LogP contribution in [0.2, 0.25) is 0 Å². The van der Waals surface area contributed by atoms with Gasteiger partial charge in [-0.05, 0) is 32.0 Å². The fourth-order valence-corrected chi connectivity index (χ4v) is 2.62. The molecule has 5 nitrogen and oxygen atoms in total. The Kier molecular flexibility index (Phi) is 4.48. The number of para-hydroxylation sites is 1. The van der Waals surface area contributed by atoms with Crippen molar-refractivity contribution in [2.75, 3.05) is 6.61 Å². The standard InChI is InChI=1S/C18H19NO4/c1-3-21-18(20)17-14(13-7-4-5-8-16(13)23-17)11-19-12(2)15-9-6-10-22-15/h4-10,12,19H,3,11H2,1-2H3/p+1/t12-/m1/s1. The van der Waals surface area contributed by atoms with Crippen molar-refractivity contribution >= 4 is 16.9 Å². The van der Waals surface area contributed by atoms with E-state index in [1.54, 1.807) is 13.2 Å². The van der Waals surface area contributed by atoms with Gasteiger partial charge in [-0.1, -0.05) is 18.2 Å². The lowest BCUT2D eigenvalue weighted by Gasteiger charge is -2.08. The minimum Gasteiger partial charge on any atom is -0.463 e. The van der Waals surface area contributed by atoms with Crippen molar-refractivity contribution in [3.63, 3.8) is 0 Å². The molecule has 0 amide bonds. The van der Waals surface area contributed by atoms with Crippen LogP contribution in [0.5, 0.6) is 0 Å². The van der Waals surface area contributed by atoms with Crippen LogP contribution in [0.4, 0.5) is 0 Å². The Hall–Kier alpha value is -2.53. The maximum Gasteiger partial charge on any atom is 0.374 e. The van der Waals surface area contributed by atoms with Crippen LogP contribution in [0.25, 0.3) is 11.0 Å². The zero-order valence-corrected chi connectivity index (χ0v) is 13.2. The summed E-state index contributed by atoms with van der Waals surface area (Å²) in [6, 6.07) is 11.6. The fourth-order valence-electron chi connectivity index (χ4n) is 2.62. The first-order valence-electron chi connectivity index (χ1n) is 7.75. The molecule has 0 aliphatic heterocycles. The van der Waals surface area contributed by atoms with Crippen LogP contribution in [-0.2, 0) is 11.3 Å². The predicted molar refractivity (Wildman–Crippen MR) is 84.9 cm³/mol.